The zero-order valence-electron chi connectivity index (χ0n) is 12.0. The maximum atomic E-state index is 5.83. The lowest BCUT2D eigenvalue weighted by Gasteiger charge is -2.07. The first-order valence-corrected chi connectivity index (χ1v) is 8.02. The van der Waals surface area contributed by atoms with Crippen molar-refractivity contribution in [2.45, 2.75) is 31.8 Å². The van der Waals surface area contributed by atoms with Crippen LogP contribution < -0.4 is 4.74 Å². The van der Waals surface area contributed by atoms with Crippen LogP contribution in [0.2, 0.25) is 0 Å². The summed E-state index contributed by atoms with van der Waals surface area (Å²) in [4.78, 5) is 9.04. The fourth-order valence-electron chi connectivity index (χ4n) is 1.98. The molecule has 108 valence electrons. The Balaban J connectivity index is 2.08. The molecule has 0 N–H and O–H groups in total. The minimum Gasteiger partial charge on any atom is -0.422 e. The second-order valence-electron chi connectivity index (χ2n) is 4.57. The summed E-state index contributed by atoms with van der Waals surface area (Å²) in [6.45, 7) is 4.13. The van der Waals surface area contributed by atoms with Gasteiger partial charge in [0.1, 0.15) is 0 Å². The number of thioether (sulfide) groups is 1. The number of hydrogen-bond donors (Lipinski definition) is 0. The van der Waals surface area contributed by atoms with Crippen molar-refractivity contribution >= 4 is 23.3 Å². The van der Waals surface area contributed by atoms with E-state index in [2.05, 4.69) is 27.1 Å². The molecule has 1 aliphatic rings. The summed E-state index contributed by atoms with van der Waals surface area (Å²) in [5.41, 5.74) is 2.40. The average molecular weight is 300 g/mol. The minimum absolute atomic E-state index is 0.495. The molecular weight excluding hydrogens is 284 g/mol. The maximum Gasteiger partial charge on any atom is 0.251 e. The molecule has 21 heavy (non-hydrogen) atoms. The lowest BCUT2D eigenvalue weighted by atomic mass is 10.1. The van der Waals surface area contributed by atoms with Crippen molar-refractivity contribution < 1.29 is 4.74 Å². The fraction of sp³-hybridized carbons (Fsp3) is 0.333. The first-order chi connectivity index (χ1) is 10.3. The number of nitrogens with zero attached hydrogens (tertiary/aromatic N) is 4. The van der Waals surface area contributed by atoms with E-state index in [-0.39, 0.29) is 0 Å². The van der Waals surface area contributed by atoms with Gasteiger partial charge in [-0.15, -0.1) is 10.2 Å². The molecule has 5 nitrogen and oxygen atoms in total. The highest BCUT2D eigenvalue weighted by Crippen LogP contribution is 2.37. The first kappa shape index (κ1) is 14.0. The van der Waals surface area contributed by atoms with Crippen LogP contribution in [-0.2, 0) is 0 Å². The van der Waals surface area contributed by atoms with Crippen LogP contribution in [0.15, 0.2) is 34.4 Å². The highest BCUT2D eigenvalue weighted by atomic mass is 32.2. The van der Waals surface area contributed by atoms with Crippen LogP contribution in [0.4, 0.5) is 5.69 Å². The molecule has 6 heteroatoms. The Labute approximate surface area is 127 Å². The van der Waals surface area contributed by atoms with Crippen LogP contribution in [0, 0.1) is 0 Å². The summed E-state index contributed by atoms with van der Waals surface area (Å²) in [7, 11) is 0. The SMILES string of the molecule is CCCSc1nnc2c(n1)OC(CC)=Nc1ccccc1-2. The maximum absolute atomic E-state index is 5.83. The third-order valence-electron chi connectivity index (χ3n) is 2.99. The van der Waals surface area contributed by atoms with Crippen molar-refractivity contribution in [3.8, 4) is 17.1 Å². The minimum atomic E-state index is 0.495. The highest BCUT2D eigenvalue weighted by Gasteiger charge is 2.21. The molecule has 0 bridgehead atoms. The number of ether oxygens (including phenoxy) is 1. The lowest BCUT2D eigenvalue weighted by molar-refractivity contribution is 0.502. The van der Waals surface area contributed by atoms with Crippen molar-refractivity contribution in [3.63, 3.8) is 0 Å². The molecule has 0 aliphatic carbocycles. The number of hydrogen-bond acceptors (Lipinski definition) is 6. The van der Waals surface area contributed by atoms with Gasteiger partial charge in [0.15, 0.2) is 11.6 Å². The van der Waals surface area contributed by atoms with Crippen LogP contribution in [0.25, 0.3) is 11.3 Å². The average Bonchev–Trinajstić information content (AvgIpc) is 2.68. The van der Waals surface area contributed by atoms with Gasteiger partial charge in [0.05, 0.1) is 5.69 Å². The van der Waals surface area contributed by atoms with Gasteiger partial charge in [-0.25, -0.2) is 4.99 Å². The summed E-state index contributed by atoms with van der Waals surface area (Å²) >= 11 is 1.59. The Morgan fingerprint density at radius 2 is 2.00 bits per heavy atom. The predicted octanol–water partition coefficient (Wildman–Crippen LogP) is 3.87. The number of rotatable bonds is 4. The molecule has 0 fully saturated rings. The van der Waals surface area contributed by atoms with Crippen molar-refractivity contribution in [1.29, 1.82) is 0 Å². The summed E-state index contributed by atoms with van der Waals surface area (Å²) in [6, 6.07) is 7.82. The number of benzene rings is 1. The standard InChI is InChI=1S/C15H16N4OS/c1-3-9-21-15-17-14-13(18-19-15)10-7-5-6-8-11(10)16-12(4-2)20-14/h5-8H,3-4,9H2,1-2H3. The molecule has 0 saturated carbocycles. The lowest BCUT2D eigenvalue weighted by Crippen LogP contribution is -2.08. The van der Waals surface area contributed by atoms with Crippen molar-refractivity contribution in [2.24, 2.45) is 4.99 Å². The van der Waals surface area contributed by atoms with Crippen molar-refractivity contribution in [2.75, 3.05) is 5.75 Å². The zero-order chi connectivity index (χ0) is 14.7. The molecule has 1 aromatic carbocycles. The zero-order valence-corrected chi connectivity index (χ0v) is 12.9. The van der Waals surface area contributed by atoms with Gasteiger partial charge in [-0.3, -0.25) is 0 Å². The summed E-state index contributed by atoms with van der Waals surface area (Å²) in [5, 5.41) is 9.15. The largest absolute Gasteiger partial charge is 0.422 e. The second-order valence-corrected chi connectivity index (χ2v) is 5.64. The monoisotopic (exact) mass is 300 g/mol. The Morgan fingerprint density at radius 1 is 1.14 bits per heavy atom. The summed E-state index contributed by atoms with van der Waals surface area (Å²) in [6.07, 6.45) is 1.77. The van der Waals surface area contributed by atoms with E-state index in [1.54, 1.807) is 11.8 Å². The van der Waals surface area contributed by atoms with Crippen LogP contribution in [0.1, 0.15) is 26.7 Å². The third kappa shape index (κ3) is 2.90. The van der Waals surface area contributed by atoms with Gasteiger partial charge in [-0.2, -0.15) is 4.98 Å². The normalized spacial score (nSPS) is 12.8. The first-order valence-electron chi connectivity index (χ1n) is 7.04. The van der Waals surface area contributed by atoms with E-state index in [0.717, 1.165) is 23.4 Å². The molecule has 0 spiro atoms. The van der Waals surface area contributed by atoms with Crippen molar-refractivity contribution in [3.05, 3.63) is 24.3 Å². The van der Waals surface area contributed by atoms with Gasteiger partial charge in [-0.1, -0.05) is 43.8 Å². The van der Waals surface area contributed by atoms with E-state index >= 15 is 0 Å². The van der Waals surface area contributed by atoms with E-state index in [1.807, 2.05) is 31.2 Å². The number of aromatic nitrogens is 3. The van der Waals surface area contributed by atoms with E-state index < -0.39 is 0 Å². The van der Waals surface area contributed by atoms with Crippen molar-refractivity contribution in [1.82, 2.24) is 15.2 Å². The summed E-state index contributed by atoms with van der Waals surface area (Å²) in [5.74, 6) is 2.11. The quantitative estimate of drug-likeness (QED) is 0.802. The Morgan fingerprint density at radius 3 is 2.81 bits per heavy atom. The molecule has 0 atom stereocenters. The molecular formula is C15H16N4OS. The molecule has 1 aliphatic heterocycles. The van der Waals surface area contributed by atoms with Gasteiger partial charge < -0.3 is 4.74 Å². The summed E-state index contributed by atoms with van der Waals surface area (Å²) < 4.78 is 5.83. The fourth-order valence-corrected chi connectivity index (χ4v) is 2.62. The predicted molar refractivity (Wildman–Crippen MR) is 84.3 cm³/mol. The van der Waals surface area contributed by atoms with Gasteiger partial charge in [0.25, 0.3) is 5.88 Å². The molecule has 2 aromatic rings. The Hall–Kier alpha value is -1.95. The van der Waals surface area contributed by atoms with Gasteiger partial charge in [0.2, 0.25) is 5.16 Å². The van der Waals surface area contributed by atoms with Gasteiger partial charge >= 0.3 is 0 Å². The van der Waals surface area contributed by atoms with Crippen LogP contribution in [-0.4, -0.2) is 26.8 Å². The molecule has 0 amide bonds. The van der Waals surface area contributed by atoms with E-state index in [0.29, 0.717) is 29.0 Å². The third-order valence-corrected chi connectivity index (χ3v) is 4.04. The van der Waals surface area contributed by atoms with Gasteiger partial charge in [-0.05, 0) is 12.5 Å². The molecule has 1 aromatic heterocycles. The Bertz CT molecular complexity index is 687. The number of fused-ring (bicyclic) bond motifs is 3. The van der Waals surface area contributed by atoms with Crippen LogP contribution >= 0.6 is 11.8 Å². The molecule has 3 rings (SSSR count). The van der Waals surface area contributed by atoms with E-state index in [9.17, 15) is 0 Å². The smallest absolute Gasteiger partial charge is 0.251 e. The topological polar surface area (TPSA) is 60.3 Å². The number of para-hydroxylation sites is 1. The molecule has 0 radical (unpaired) electrons. The van der Waals surface area contributed by atoms with Gasteiger partial charge in [0, 0.05) is 17.7 Å². The Kier molecular flexibility index (Phi) is 4.15. The number of aliphatic imine (C=N–C) groups is 1. The van der Waals surface area contributed by atoms with E-state index in [4.69, 9.17) is 4.74 Å². The molecule has 0 unspecified atom stereocenters. The highest BCUT2D eigenvalue weighted by molar-refractivity contribution is 7.99. The van der Waals surface area contributed by atoms with Crippen LogP contribution in [0.3, 0.4) is 0 Å². The molecule has 2 heterocycles. The second kappa shape index (κ2) is 6.22. The molecule has 0 saturated heterocycles. The van der Waals surface area contributed by atoms with E-state index in [1.165, 1.54) is 0 Å². The van der Waals surface area contributed by atoms with Crippen LogP contribution in [0.5, 0.6) is 5.88 Å².